The maximum atomic E-state index is 12.9. The zero-order chi connectivity index (χ0) is 17.4. The Balaban J connectivity index is 1.92. The predicted octanol–water partition coefficient (Wildman–Crippen LogP) is 3.02. The van der Waals surface area contributed by atoms with Crippen LogP contribution < -0.4 is 0 Å². The Kier molecular flexibility index (Phi) is 4.45. The Morgan fingerprint density at radius 2 is 1.96 bits per heavy atom. The molecule has 1 unspecified atom stereocenters. The Morgan fingerprint density at radius 1 is 1.33 bits per heavy atom. The monoisotopic (exact) mass is 391 g/mol. The summed E-state index contributed by atoms with van der Waals surface area (Å²) >= 11 is 3.39. The molecule has 1 aliphatic rings. The summed E-state index contributed by atoms with van der Waals surface area (Å²) in [5.74, 6) is -1.26. The molecule has 1 atom stereocenters. The molecule has 6 nitrogen and oxygen atoms in total. The first-order chi connectivity index (χ1) is 11.4. The van der Waals surface area contributed by atoms with Crippen molar-refractivity contribution in [1.82, 2.24) is 14.7 Å². The highest BCUT2D eigenvalue weighted by Gasteiger charge is 2.39. The first-order valence-corrected chi connectivity index (χ1v) is 8.55. The van der Waals surface area contributed by atoms with Crippen LogP contribution in [0.4, 0.5) is 0 Å². The number of carboxylic acid groups (broad SMARTS) is 1. The van der Waals surface area contributed by atoms with E-state index in [4.69, 9.17) is 0 Å². The lowest BCUT2D eigenvalue weighted by Gasteiger charge is -2.26. The molecular formula is C17H18BrN3O3. The minimum Gasteiger partial charge on any atom is -0.480 e. The SMILES string of the molecule is Cc1nn(-c2ccc(Br)cc2)cc1C(=O)N(C1CC1)C(C)C(=O)O. The van der Waals surface area contributed by atoms with Crippen LogP contribution in [0.25, 0.3) is 5.69 Å². The summed E-state index contributed by atoms with van der Waals surface area (Å²) in [6, 6.07) is 6.75. The summed E-state index contributed by atoms with van der Waals surface area (Å²) in [6.07, 6.45) is 3.37. The van der Waals surface area contributed by atoms with Crippen molar-refractivity contribution in [3.63, 3.8) is 0 Å². The van der Waals surface area contributed by atoms with Crippen LogP contribution in [0.5, 0.6) is 0 Å². The lowest BCUT2D eigenvalue weighted by Crippen LogP contribution is -2.44. The molecule has 1 fully saturated rings. The van der Waals surface area contributed by atoms with Gasteiger partial charge in [-0.3, -0.25) is 4.79 Å². The molecule has 7 heteroatoms. The number of hydrogen-bond donors (Lipinski definition) is 1. The van der Waals surface area contributed by atoms with E-state index in [0.717, 1.165) is 23.0 Å². The summed E-state index contributed by atoms with van der Waals surface area (Å²) in [5.41, 5.74) is 1.87. The quantitative estimate of drug-likeness (QED) is 0.849. The zero-order valence-corrected chi connectivity index (χ0v) is 15.0. The number of carbonyl (C=O) groups excluding carboxylic acids is 1. The highest BCUT2D eigenvalue weighted by atomic mass is 79.9. The van der Waals surface area contributed by atoms with Crippen LogP contribution in [-0.4, -0.2) is 43.7 Å². The first kappa shape index (κ1) is 16.7. The summed E-state index contributed by atoms with van der Waals surface area (Å²) < 4.78 is 2.60. The first-order valence-electron chi connectivity index (χ1n) is 7.76. The van der Waals surface area contributed by atoms with E-state index in [1.54, 1.807) is 24.7 Å². The Labute approximate surface area is 148 Å². The van der Waals surface area contributed by atoms with Crippen molar-refractivity contribution in [3.8, 4) is 5.69 Å². The van der Waals surface area contributed by atoms with Gasteiger partial charge in [0.05, 0.1) is 16.9 Å². The third-order valence-electron chi connectivity index (χ3n) is 4.17. The molecule has 2 aromatic rings. The van der Waals surface area contributed by atoms with Crippen molar-refractivity contribution >= 4 is 27.8 Å². The average molecular weight is 392 g/mol. The van der Waals surface area contributed by atoms with E-state index in [-0.39, 0.29) is 11.9 Å². The van der Waals surface area contributed by atoms with Crippen molar-refractivity contribution in [3.05, 3.63) is 46.2 Å². The van der Waals surface area contributed by atoms with Gasteiger partial charge in [0.25, 0.3) is 5.91 Å². The second-order valence-corrected chi connectivity index (χ2v) is 6.92. The fourth-order valence-corrected chi connectivity index (χ4v) is 2.93. The van der Waals surface area contributed by atoms with Gasteiger partial charge in [0.15, 0.2) is 0 Å². The molecule has 1 amide bonds. The molecule has 0 radical (unpaired) electrons. The molecular weight excluding hydrogens is 374 g/mol. The molecule has 24 heavy (non-hydrogen) atoms. The maximum Gasteiger partial charge on any atom is 0.326 e. The number of carboxylic acids is 1. The van der Waals surface area contributed by atoms with Gasteiger partial charge < -0.3 is 10.0 Å². The molecule has 1 saturated carbocycles. The van der Waals surface area contributed by atoms with Gasteiger partial charge in [0.1, 0.15) is 6.04 Å². The molecule has 3 rings (SSSR count). The summed E-state index contributed by atoms with van der Waals surface area (Å²) in [5, 5.41) is 13.7. The highest BCUT2D eigenvalue weighted by molar-refractivity contribution is 9.10. The van der Waals surface area contributed by atoms with E-state index in [0.29, 0.717) is 11.3 Å². The number of rotatable bonds is 5. The van der Waals surface area contributed by atoms with Gasteiger partial charge in [-0.05, 0) is 51.0 Å². The van der Waals surface area contributed by atoms with E-state index >= 15 is 0 Å². The van der Waals surface area contributed by atoms with Crippen LogP contribution in [0.3, 0.4) is 0 Å². The van der Waals surface area contributed by atoms with E-state index in [1.807, 2.05) is 24.3 Å². The van der Waals surface area contributed by atoms with Crippen molar-refractivity contribution in [2.24, 2.45) is 0 Å². The van der Waals surface area contributed by atoms with Crippen LogP contribution in [0, 0.1) is 6.92 Å². The average Bonchev–Trinajstić information content (AvgIpc) is 3.29. The van der Waals surface area contributed by atoms with Crippen LogP contribution in [-0.2, 0) is 4.79 Å². The minimum atomic E-state index is -0.992. The smallest absolute Gasteiger partial charge is 0.326 e. The number of nitrogens with zero attached hydrogens (tertiary/aromatic N) is 3. The van der Waals surface area contributed by atoms with Crippen molar-refractivity contribution in [2.45, 2.75) is 38.8 Å². The van der Waals surface area contributed by atoms with Crippen molar-refractivity contribution < 1.29 is 14.7 Å². The van der Waals surface area contributed by atoms with Gasteiger partial charge in [-0.25, -0.2) is 9.48 Å². The summed E-state index contributed by atoms with van der Waals surface area (Å²) in [4.78, 5) is 25.7. The van der Waals surface area contributed by atoms with E-state index in [1.165, 1.54) is 4.90 Å². The van der Waals surface area contributed by atoms with Gasteiger partial charge in [-0.2, -0.15) is 5.10 Å². The van der Waals surface area contributed by atoms with Crippen LogP contribution in [0.15, 0.2) is 34.9 Å². The maximum absolute atomic E-state index is 12.9. The molecule has 0 spiro atoms. The third kappa shape index (κ3) is 3.21. The molecule has 0 saturated heterocycles. The highest BCUT2D eigenvalue weighted by Crippen LogP contribution is 2.31. The van der Waals surface area contributed by atoms with Gasteiger partial charge in [0.2, 0.25) is 0 Å². The van der Waals surface area contributed by atoms with E-state index in [9.17, 15) is 14.7 Å². The van der Waals surface area contributed by atoms with E-state index < -0.39 is 12.0 Å². The Bertz CT molecular complexity index is 781. The number of aryl methyl sites for hydroxylation is 1. The number of amides is 1. The molecule has 1 aromatic carbocycles. The number of carbonyl (C=O) groups is 2. The molecule has 1 heterocycles. The topological polar surface area (TPSA) is 75.4 Å². The van der Waals surface area contributed by atoms with Crippen molar-refractivity contribution in [1.29, 1.82) is 0 Å². The largest absolute Gasteiger partial charge is 0.480 e. The zero-order valence-electron chi connectivity index (χ0n) is 13.4. The van der Waals surface area contributed by atoms with Crippen LogP contribution >= 0.6 is 15.9 Å². The molecule has 0 bridgehead atoms. The normalized spacial score (nSPS) is 15.1. The second-order valence-electron chi connectivity index (χ2n) is 6.01. The minimum absolute atomic E-state index is 0.0130. The predicted molar refractivity (Wildman–Crippen MR) is 92.3 cm³/mol. The Morgan fingerprint density at radius 3 is 2.50 bits per heavy atom. The summed E-state index contributed by atoms with van der Waals surface area (Å²) in [7, 11) is 0. The standard InChI is InChI=1S/C17H18BrN3O3/c1-10-15(9-20(19-10)13-5-3-12(18)4-6-13)16(22)21(14-7-8-14)11(2)17(23)24/h3-6,9,11,14H,7-8H2,1-2H3,(H,23,24). The summed E-state index contributed by atoms with van der Waals surface area (Å²) in [6.45, 7) is 3.31. The third-order valence-corrected chi connectivity index (χ3v) is 4.70. The fraction of sp³-hybridized carbons (Fsp3) is 0.353. The van der Waals surface area contributed by atoms with Crippen molar-refractivity contribution in [2.75, 3.05) is 0 Å². The van der Waals surface area contributed by atoms with Gasteiger partial charge in [-0.15, -0.1) is 0 Å². The second kappa shape index (κ2) is 6.39. The molecule has 1 aliphatic carbocycles. The molecule has 1 aromatic heterocycles. The molecule has 0 aliphatic heterocycles. The number of aliphatic carboxylic acids is 1. The number of benzene rings is 1. The lowest BCUT2D eigenvalue weighted by atomic mass is 10.2. The van der Waals surface area contributed by atoms with E-state index in [2.05, 4.69) is 21.0 Å². The van der Waals surface area contributed by atoms with Crippen LogP contribution in [0.1, 0.15) is 35.8 Å². The van der Waals surface area contributed by atoms with Gasteiger partial charge in [0, 0.05) is 16.7 Å². The molecule has 126 valence electrons. The number of hydrogen-bond acceptors (Lipinski definition) is 3. The number of halogens is 1. The fourth-order valence-electron chi connectivity index (χ4n) is 2.66. The van der Waals surface area contributed by atoms with Crippen LogP contribution in [0.2, 0.25) is 0 Å². The van der Waals surface area contributed by atoms with Gasteiger partial charge in [-0.1, -0.05) is 15.9 Å². The lowest BCUT2D eigenvalue weighted by molar-refractivity contribution is -0.141. The Hall–Kier alpha value is -2.15. The van der Waals surface area contributed by atoms with Gasteiger partial charge >= 0.3 is 5.97 Å². The molecule has 1 N–H and O–H groups in total. The number of aromatic nitrogens is 2.